The third kappa shape index (κ3) is 6.33. The van der Waals surface area contributed by atoms with E-state index in [0.717, 1.165) is 5.56 Å². The Morgan fingerprint density at radius 3 is 1.96 bits per heavy atom. The van der Waals surface area contributed by atoms with Gasteiger partial charge in [0.25, 0.3) is 0 Å². The van der Waals surface area contributed by atoms with Gasteiger partial charge in [-0.15, -0.1) is 0 Å². The number of ketones is 1. The Kier molecular flexibility index (Phi) is 6.52. The van der Waals surface area contributed by atoms with Gasteiger partial charge >= 0.3 is 5.97 Å². The maximum atomic E-state index is 12.1. The van der Waals surface area contributed by atoms with E-state index in [1.807, 2.05) is 12.1 Å². The molecule has 0 aliphatic carbocycles. The maximum absolute atomic E-state index is 12.1. The van der Waals surface area contributed by atoms with Crippen molar-refractivity contribution in [2.75, 3.05) is 6.61 Å². The number of hydrogen-bond donors (Lipinski definition) is 1. The minimum absolute atomic E-state index is 0.00867. The van der Waals surface area contributed by atoms with Gasteiger partial charge in [0, 0.05) is 11.0 Å². The number of benzene rings is 1. The van der Waals surface area contributed by atoms with Crippen molar-refractivity contribution < 1.29 is 19.1 Å². The fraction of sp³-hybridized carbons (Fsp3) is 0.550. The largest absolute Gasteiger partial charge is 0.456 e. The molecule has 0 heterocycles. The van der Waals surface area contributed by atoms with Gasteiger partial charge < -0.3 is 10.1 Å². The SMILES string of the molecule is CC(NC(=O)C(C)(C)C)C(=O)OCC(=O)c1ccc(C(C)(C)C)cc1. The van der Waals surface area contributed by atoms with Crippen LogP contribution >= 0.6 is 0 Å². The van der Waals surface area contributed by atoms with E-state index in [1.54, 1.807) is 32.9 Å². The van der Waals surface area contributed by atoms with Gasteiger partial charge in [-0.1, -0.05) is 65.8 Å². The highest BCUT2D eigenvalue weighted by Gasteiger charge is 2.26. The van der Waals surface area contributed by atoms with Crippen molar-refractivity contribution in [1.82, 2.24) is 5.32 Å². The topological polar surface area (TPSA) is 72.5 Å². The first-order valence-electron chi connectivity index (χ1n) is 8.43. The first kappa shape index (κ1) is 20.9. The fourth-order valence-electron chi connectivity index (χ4n) is 1.97. The number of rotatable bonds is 5. The summed E-state index contributed by atoms with van der Waals surface area (Å²) >= 11 is 0. The lowest BCUT2D eigenvalue weighted by atomic mass is 9.86. The Bertz CT molecular complexity index is 633. The van der Waals surface area contributed by atoms with E-state index in [-0.39, 0.29) is 23.7 Å². The van der Waals surface area contributed by atoms with E-state index in [1.165, 1.54) is 6.92 Å². The van der Waals surface area contributed by atoms with Crippen molar-refractivity contribution >= 4 is 17.7 Å². The molecule has 138 valence electrons. The van der Waals surface area contributed by atoms with E-state index < -0.39 is 17.4 Å². The van der Waals surface area contributed by atoms with Crippen LogP contribution < -0.4 is 5.32 Å². The van der Waals surface area contributed by atoms with Gasteiger partial charge in [0.2, 0.25) is 5.91 Å². The summed E-state index contributed by atoms with van der Waals surface area (Å²) in [7, 11) is 0. The Morgan fingerprint density at radius 2 is 1.52 bits per heavy atom. The third-order valence-corrected chi connectivity index (χ3v) is 3.80. The fourth-order valence-corrected chi connectivity index (χ4v) is 1.97. The van der Waals surface area contributed by atoms with Gasteiger partial charge in [-0.2, -0.15) is 0 Å². The average Bonchev–Trinajstić information content (AvgIpc) is 2.50. The van der Waals surface area contributed by atoms with Gasteiger partial charge in [0.1, 0.15) is 6.04 Å². The second kappa shape index (κ2) is 7.81. The zero-order valence-electron chi connectivity index (χ0n) is 16.2. The first-order chi connectivity index (χ1) is 11.3. The number of carbonyl (C=O) groups is 3. The summed E-state index contributed by atoms with van der Waals surface area (Å²) in [5.41, 5.74) is 1.03. The second-order valence-electron chi connectivity index (χ2n) is 8.30. The Hall–Kier alpha value is -2.17. The van der Waals surface area contributed by atoms with E-state index in [2.05, 4.69) is 26.1 Å². The molecule has 1 amide bonds. The number of hydrogen-bond acceptors (Lipinski definition) is 4. The monoisotopic (exact) mass is 347 g/mol. The van der Waals surface area contributed by atoms with Crippen LogP contribution in [0.1, 0.15) is 64.4 Å². The average molecular weight is 347 g/mol. The predicted molar refractivity (Wildman–Crippen MR) is 97.5 cm³/mol. The lowest BCUT2D eigenvalue weighted by molar-refractivity contribution is -0.147. The molecule has 1 aromatic carbocycles. The van der Waals surface area contributed by atoms with Crippen molar-refractivity contribution in [3.05, 3.63) is 35.4 Å². The number of carbonyl (C=O) groups excluding carboxylic acids is 3. The second-order valence-corrected chi connectivity index (χ2v) is 8.30. The molecule has 0 aromatic heterocycles. The van der Waals surface area contributed by atoms with Gasteiger partial charge in [-0.25, -0.2) is 4.79 Å². The molecule has 5 nitrogen and oxygen atoms in total. The molecule has 25 heavy (non-hydrogen) atoms. The molecule has 0 radical (unpaired) electrons. The van der Waals surface area contributed by atoms with Gasteiger partial charge in [0.05, 0.1) is 0 Å². The lowest BCUT2D eigenvalue weighted by Gasteiger charge is -2.21. The van der Waals surface area contributed by atoms with E-state index in [0.29, 0.717) is 5.56 Å². The number of esters is 1. The lowest BCUT2D eigenvalue weighted by Crippen LogP contribution is -2.45. The first-order valence-corrected chi connectivity index (χ1v) is 8.43. The summed E-state index contributed by atoms with van der Waals surface area (Å²) in [4.78, 5) is 36.0. The number of nitrogens with one attached hydrogen (secondary N) is 1. The molecule has 0 aliphatic heterocycles. The van der Waals surface area contributed by atoms with Crippen LogP contribution in [0, 0.1) is 5.41 Å². The summed E-state index contributed by atoms with van der Waals surface area (Å²) in [6.07, 6.45) is 0. The molecule has 1 atom stereocenters. The highest BCUT2D eigenvalue weighted by atomic mass is 16.5. The zero-order chi connectivity index (χ0) is 19.4. The van der Waals surface area contributed by atoms with Gasteiger partial charge in [-0.05, 0) is 17.9 Å². The maximum Gasteiger partial charge on any atom is 0.328 e. The van der Waals surface area contributed by atoms with Crippen LogP contribution in [-0.4, -0.2) is 30.3 Å². The van der Waals surface area contributed by atoms with Crippen molar-refractivity contribution in [3.63, 3.8) is 0 Å². The standard InChI is InChI=1S/C20H29NO4/c1-13(21-18(24)20(5,6)7)17(23)25-12-16(22)14-8-10-15(11-9-14)19(2,3)4/h8-11,13H,12H2,1-7H3,(H,21,24). The molecule has 0 bridgehead atoms. The zero-order valence-corrected chi connectivity index (χ0v) is 16.2. The molecular formula is C20H29NO4. The van der Waals surface area contributed by atoms with Crippen molar-refractivity contribution in [2.24, 2.45) is 5.41 Å². The summed E-state index contributed by atoms with van der Waals surface area (Å²) in [6.45, 7) is 12.7. The van der Waals surface area contributed by atoms with Crippen molar-refractivity contribution in [3.8, 4) is 0 Å². The molecule has 1 unspecified atom stereocenters. The summed E-state index contributed by atoms with van der Waals surface area (Å²) in [6, 6.07) is 6.48. The van der Waals surface area contributed by atoms with Crippen LogP contribution in [0.3, 0.4) is 0 Å². The molecule has 1 rings (SSSR count). The Balaban J connectivity index is 2.58. The molecule has 0 spiro atoms. The van der Waals surface area contributed by atoms with Crippen molar-refractivity contribution in [1.29, 1.82) is 0 Å². The smallest absolute Gasteiger partial charge is 0.328 e. The molecule has 0 saturated heterocycles. The van der Waals surface area contributed by atoms with Crippen molar-refractivity contribution in [2.45, 2.75) is 59.9 Å². The van der Waals surface area contributed by atoms with E-state index >= 15 is 0 Å². The Labute approximate surface area is 150 Å². The number of amides is 1. The van der Waals surface area contributed by atoms with Gasteiger partial charge in [0.15, 0.2) is 12.4 Å². The van der Waals surface area contributed by atoms with Crippen LogP contribution in [0.15, 0.2) is 24.3 Å². The minimum atomic E-state index is -0.803. The summed E-state index contributed by atoms with van der Waals surface area (Å²) < 4.78 is 5.03. The number of Topliss-reactive ketones (excluding diaryl/α,β-unsaturated/α-hetero) is 1. The summed E-state index contributed by atoms with van der Waals surface area (Å²) in [5, 5.41) is 2.58. The molecular weight excluding hydrogens is 318 g/mol. The molecule has 0 saturated carbocycles. The molecule has 0 fully saturated rings. The van der Waals surface area contributed by atoms with Crippen LogP contribution in [0.4, 0.5) is 0 Å². The van der Waals surface area contributed by atoms with Crippen LogP contribution in [0.25, 0.3) is 0 Å². The molecule has 1 N–H and O–H groups in total. The van der Waals surface area contributed by atoms with Crippen LogP contribution in [-0.2, 0) is 19.7 Å². The highest BCUT2D eigenvalue weighted by molar-refractivity contribution is 5.98. The highest BCUT2D eigenvalue weighted by Crippen LogP contribution is 2.22. The minimum Gasteiger partial charge on any atom is -0.456 e. The quantitative estimate of drug-likeness (QED) is 0.655. The van der Waals surface area contributed by atoms with E-state index in [4.69, 9.17) is 4.74 Å². The third-order valence-electron chi connectivity index (χ3n) is 3.80. The molecule has 5 heteroatoms. The summed E-state index contributed by atoms with van der Waals surface area (Å²) in [5.74, 6) is -1.15. The molecule has 1 aromatic rings. The predicted octanol–water partition coefficient (Wildman–Crippen LogP) is 3.26. The van der Waals surface area contributed by atoms with Crippen LogP contribution in [0.5, 0.6) is 0 Å². The van der Waals surface area contributed by atoms with Gasteiger partial charge in [-0.3, -0.25) is 9.59 Å². The normalized spacial score (nSPS) is 13.1. The Morgan fingerprint density at radius 1 is 1.00 bits per heavy atom. The number of ether oxygens (including phenoxy) is 1. The van der Waals surface area contributed by atoms with E-state index in [9.17, 15) is 14.4 Å². The molecule has 0 aliphatic rings. The van der Waals surface area contributed by atoms with Crippen LogP contribution in [0.2, 0.25) is 0 Å².